The lowest BCUT2D eigenvalue weighted by Gasteiger charge is -2.21. The summed E-state index contributed by atoms with van der Waals surface area (Å²) in [5.41, 5.74) is 1.31. The van der Waals surface area contributed by atoms with Gasteiger partial charge in [0.1, 0.15) is 6.04 Å². The summed E-state index contributed by atoms with van der Waals surface area (Å²) >= 11 is 1.57. The second-order valence-corrected chi connectivity index (χ2v) is 6.30. The number of hydrogen-bond donors (Lipinski definition) is 1. The number of carbonyl (C=O) groups excluding carboxylic acids is 3. The molecule has 0 spiro atoms. The van der Waals surface area contributed by atoms with E-state index in [2.05, 4.69) is 5.32 Å². The minimum absolute atomic E-state index is 0.339. The first-order chi connectivity index (χ1) is 11.5. The molecular formula is C18H16N2O3S. The number of nitrogens with zero attached hydrogens (tertiary/aromatic N) is 1. The highest BCUT2D eigenvalue weighted by Gasteiger charge is 2.40. The molecule has 0 bridgehead atoms. The molecule has 0 aliphatic carbocycles. The Morgan fingerprint density at radius 2 is 1.67 bits per heavy atom. The molecule has 0 saturated heterocycles. The van der Waals surface area contributed by atoms with Gasteiger partial charge in [-0.1, -0.05) is 18.2 Å². The highest BCUT2D eigenvalue weighted by atomic mass is 32.2. The number of imide groups is 1. The predicted octanol–water partition coefficient (Wildman–Crippen LogP) is 3.03. The fourth-order valence-electron chi connectivity index (χ4n) is 2.62. The van der Waals surface area contributed by atoms with Crippen LogP contribution >= 0.6 is 11.8 Å². The lowest BCUT2D eigenvalue weighted by molar-refractivity contribution is -0.119. The van der Waals surface area contributed by atoms with Crippen molar-refractivity contribution in [3.05, 3.63) is 59.7 Å². The maximum absolute atomic E-state index is 12.5. The molecule has 0 unspecified atom stereocenters. The van der Waals surface area contributed by atoms with Gasteiger partial charge in [-0.05, 0) is 43.5 Å². The summed E-state index contributed by atoms with van der Waals surface area (Å²) in [6, 6.07) is 13.1. The van der Waals surface area contributed by atoms with Crippen LogP contribution in [0, 0.1) is 0 Å². The van der Waals surface area contributed by atoms with Crippen LogP contribution in [0.1, 0.15) is 27.6 Å². The van der Waals surface area contributed by atoms with Gasteiger partial charge in [-0.15, -0.1) is 11.8 Å². The Morgan fingerprint density at radius 3 is 2.25 bits per heavy atom. The fraction of sp³-hybridized carbons (Fsp3) is 0.167. The summed E-state index contributed by atoms with van der Waals surface area (Å²) in [6.07, 6.45) is 1.95. The zero-order valence-electron chi connectivity index (χ0n) is 13.3. The molecule has 3 amide bonds. The number of nitrogens with one attached hydrogen (secondary N) is 1. The van der Waals surface area contributed by atoms with E-state index in [1.807, 2.05) is 24.5 Å². The van der Waals surface area contributed by atoms with E-state index in [4.69, 9.17) is 0 Å². The molecular weight excluding hydrogens is 324 g/mol. The lowest BCUT2D eigenvalue weighted by atomic mass is 10.1. The van der Waals surface area contributed by atoms with Gasteiger partial charge < -0.3 is 5.32 Å². The molecule has 1 heterocycles. The third-order valence-corrected chi connectivity index (χ3v) is 4.65. The Hall–Kier alpha value is -2.60. The normalized spacial score (nSPS) is 14.5. The molecule has 0 fully saturated rings. The molecule has 6 heteroatoms. The van der Waals surface area contributed by atoms with E-state index in [1.54, 1.807) is 49.0 Å². The summed E-state index contributed by atoms with van der Waals surface area (Å²) < 4.78 is 0. The maximum Gasteiger partial charge on any atom is 0.262 e. The van der Waals surface area contributed by atoms with Crippen LogP contribution < -0.4 is 5.32 Å². The minimum atomic E-state index is -0.893. The largest absolute Gasteiger partial charge is 0.324 e. The van der Waals surface area contributed by atoms with Crippen molar-refractivity contribution in [2.24, 2.45) is 0 Å². The third-order valence-electron chi connectivity index (χ3n) is 3.93. The second kappa shape index (κ2) is 6.49. The summed E-state index contributed by atoms with van der Waals surface area (Å²) in [4.78, 5) is 39.4. The van der Waals surface area contributed by atoms with E-state index in [-0.39, 0.29) is 0 Å². The number of thioether (sulfide) groups is 1. The van der Waals surface area contributed by atoms with Gasteiger partial charge in [-0.25, -0.2) is 0 Å². The average Bonchev–Trinajstić information content (AvgIpc) is 2.86. The molecule has 24 heavy (non-hydrogen) atoms. The molecule has 1 N–H and O–H groups in total. The Labute approximate surface area is 144 Å². The lowest BCUT2D eigenvalue weighted by Crippen LogP contribution is -2.45. The molecule has 0 saturated carbocycles. The van der Waals surface area contributed by atoms with Crippen LogP contribution in [0.4, 0.5) is 5.69 Å². The smallest absolute Gasteiger partial charge is 0.262 e. The molecule has 0 aromatic heterocycles. The van der Waals surface area contributed by atoms with Gasteiger partial charge in [0.15, 0.2) is 0 Å². The number of fused-ring (bicyclic) bond motifs is 1. The number of hydrogen-bond acceptors (Lipinski definition) is 4. The molecule has 5 nitrogen and oxygen atoms in total. The van der Waals surface area contributed by atoms with Gasteiger partial charge >= 0.3 is 0 Å². The molecule has 1 aliphatic heterocycles. The molecule has 1 aliphatic rings. The first-order valence-electron chi connectivity index (χ1n) is 7.44. The van der Waals surface area contributed by atoms with Crippen LogP contribution in [0.5, 0.6) is 0 Å². The number of rotatable bonds is 4. The van der Waals surface area contributed by atoms with Crippen LogP contribution in [0.2, 0.25) is 0 Å². The summed E-state index contributed by atoms with van der Waals surface area (Å²) in [5, 5.41) is 2.76. The summed E-state index contributed by atoms with van der Waals surface area (Å²) in [7, 11) is 0. The third kappa shape index (κ3) is 2.80. The van der Waals surface area contributed by atoms with Gasteiger partial charge in [0.05, 0.1) is 11.1 Å². The Bertz CT molecular complexity index is 800. The van der Waals surface area contributed by atoms with Crippen LogP contribution in [0.15, 0.2) is 53.4 Å². The minimum Gasteiger partial charge on any atom is -0.324 e. The number of benzene rings is 2. The van der Waals surface area contributed by atoms with Gasteiger partial charge in [0.2, 0.25) is 5.91 Å². The maximum atomic E-state index is 12.5. The fourth-order valence-corrected chi connectivity index (χ4v) is 3.08. The van der Waals surface area contributed by atoms with E-state index in [1.165, 1.54) is 0 Å². The van der Waals surface area contributed by atoms with Crippen LogP contribution in [0.3, 0.4) is 0 Å². The van der Waals surface area contributed by atoms with Crippen molar-refractivity contribution in [3.63, 3.8) is 0 Å². The van der Waals surface area contributed by atoms with Gasteiger partial charge in [-0.2, -0.15) is 0 Å². The van der Waals surface area contributed by atoms with Crippen LogP contribution in [-0.2, 0) is 4.79 Å². The Balaban J connectivity index is 1.79. The monoisotopic (exact) mass is 340 g/mol. The van der Waals surface area contributed by atoms with E-state index < -0.39 is 23.8 Å². The first kappa shape index (κ1) is 16.3. The van der Waals surface area contributed by atoms with Crippen molar-refractivity contribution in [2.45, 2.75) is 17.9 Å². The van der Waals surface area contributed by atoms with E-state index in [9.17, 15) is 14.4 Å². The van der Waals surface area contributed by atoms with Crippen molar-refractivity contribution < 1.29 is 14.4 Å². The van der Waals surface area contributed by atoms with E-state index in [0.29, 0.717) is 16.8 Å². The number of anilines is 1. The summed E-state index contributed by atoms with van der Waals surface area (Å²) in [6.45, 7) is 1.55. The molecule has 2 aromatic rings. The van der Waals surface area contributed by atoms with Crippen molar-refractivity contribution in [1.29, 1.82) is 0 Å². The second-order valence-electron chi connectivity index (χ2n) is 5.42. The molecule has 3 rings (SSSR count). The zero-order chi connectivity index (χ0) is 17.3. The zero-order valence-corrected chi connectivity index (χ0v) is 14.1. The van der Waals surface area contributed by atoms with Gasteiger partial charge in [0.25, 0.3) is 11.8 Å². The first-order valence-corrected chi connectivity index (χ1v) is 8.67. The van der Waals surface area contributed by atoms with Crippen molar-refractivity contribution in [2.75, 3.05) is 11.6 Å². The molecule has 122 valence electrons. The molecule has 0 radical (unpaired) electrons. The van der Waals surface area contributed by atoms with E-state index >= 15 is 0 Å². The van der Waals surface area contributed by atoms with Crippen molar-refractivity contribution in [1.82, 2.24) is 4.90 Å². The van der Waals surface area contributed by atoms with Gasteiger partial charge in [-0.3, -0.25) is 19.3 Å². The number of carbonyl (C=O) groups is 3. The predicted molar refractivity (Wildman–Crippen MR) is 93.3 cm³/mol. The highest BCUT2D eigenvalue weighted by molar-refractivity contribution is 7.98. The van der Waals surface area contributed by atoms with Gasteiger partial charge in [0, 0.05) is 10.6 Å². The summed E-state index contributed by atoms with van der Waals surface area (Å²) in [5.74, 6) is -1.27. The quantitative estimate of drug-likeness (QED) is 0.686. The highest BCUT2D eigenvalue weighted by Crippen LogP contribution is 2.25. The SMILES string of the molecule is CSc1cccc(NC(=O)[C@H](C)N2C(=O)c3ccccc3C2=O)c1. The Kier molecular flexibility index (Phi) is 4.40. The average molecular weight is 340 g/mol. The molecule has 1 atom stereocenters. The van der Waals surface area contributed by atoms with Crippen LogP contribution in [-0.4, -0.2) is 34.9 Å². The Morgan fingerprint density at radius 1 is 1.04 bits per heavy atom. The van der Waals surface area contributed by atoms with Crippen LogP contribution in [0.25, 0.3) is 0 Å². The van der Waals surface area contributed by atoms with Crippen molar-refractivity contribution in [3.8, 4) is 0 Å². The van der Waals surface area contributed by atoms with E-state index in [0.717, 1.165) is 9.80 Å². The standard InChI is InChI=1S/C18H16N2O3S/c1-11(16(21)19-12-6-5-7-13(10-12)24-2)20-17(22)14-8-3-4-9-15(14)18(20)23/h3-11H,1-2H3,(H,19,21)/t11-/m0/s1. The molecule has 2 aromatic carbocycles. The van der Waals surface area contributed by atoms with Crippen molar-refractivity contribution >= 4 is 35.2 Å². The topological polar surface area (TPSA) is 66.5 Å². The number of amides is 3.